The van der Waals surface area contributed by atoms with Gasteiger partial charge in [-0.05, 0) is 25.5 Å². The highest BCUT2D eigenvalue weighted by Gasteiger charge is 2.26. The van der Waals surface area contributed by atoms with Crippen molar-refractivity contribution in [1.82, 2.24) is 9.62 Å². The van der Waals surface area contributed by atoms with Crippen LogP contribution in [0.2, 0.25) is 0 Å². The molecular formula is C16H24ClN3O3S. The molecule has 1 unspecified atom stereocenters. The maximum atomic E-state index is 12.4. The number of hydrogen-bond donors (Lipinski definition) is 1. The highest BCUT2D eigenvalue weighted by molar-refractivity contribution is 7.89. The molecule has 0 aromatic heterocycles. The first kappa shape index (κ1) is 19.0. The van der Waals surface area contributed by atoms with Crippen LogP contribution in [-0.2, 0) is 14.8 Å². The molecule has 6 nitrogen and oxygen atoms in total. The Hall–Kier alpha value is -1.31. The number of para-hydroxylation sites is 1. The predicted molar refractivity (Wildman–Crippen MR) is 97.0 cm³/mol. The van der Waals surface area contributed by atoms with Crippen LogP contribution in [-0.4, -0.2) is 62.5 Å². The average Bonchev–Trinajstić information content (AvgIpc) is 2.59. The molecule has 1 aromatic carbocycles. The van der Waals surface area contributed by atoms with Crippen LogP contribution in [0.25, 0.3) is 0 Å². The largest absolute Gasteiger partial charge is 0.369 e. The van der Waals surface area contributed by atoms with Crippen LogP contribution < -0.4 is 10.2 Å². The van der Waals surface area contributed by atoms with Crippen LogP contribution >= 0.6 is 11.6 Å². The van der Waals surface area contributed by atoms with Gasteiger partial charge in [-0.1, -0.05) is 18.2 Å². The second-order valence-electron chi connectivity index (χ2n) is 5.80. The van der Waals surface area contributed by atoms with Crippen molar-refractivity contribution in [3.05, 3.63) is 30.3 Å². The third-order valence-corrected chi connectivity index (χ3v) is 6.15. The molecule has 8 heteroatoms. The summed E-state index contributed by atoms with van der Waals surface area (Å²) in [4.78, 5) is 13.5. The van der Waals surface area contributed by atoms with Gasteiger partial charge in [0, 0.05) is 38.4 Å². The number of hydrogen-bond acceptors (Lipinski definition) is 4. The number of piperazine rings is 1. The Kier molecular flexibility index (Phi) is 6.89. The Morgan fingerprint density at radius 2 is 1.83 bits per heavy atom. The molecule has 1 heterocycles. The van der Waals surface area contributed by atoms with Crippen molar-refractivity contribution >= 4 is 33.2 Å². The van der Waals surface area contributed by atoms with Crippen molar-refractivity contribution in [2.24, 2.45) is 0 Å². The molecule has 2 rings (SSSR count). The smallest absolute Gasteiger partial charge is 0.237 e. The fourth-order valence-corrected chi connectivity index (χ4v) is 4.16. The maximum absolute atomic E-state index is 12.4. The molecule has 1 aromatic rings. The van der Waals surface area contributed by atoms with Crippen molar-refractivity contribution in [3.63, 3.8) is 0 Å². The van der Waals surface area contributed by atoms with E-state index in [1.807, 2.05) is 30.3 Å². The van der Waals surface area contributed by atoms with Gasteiger partial charge in [-0.25, -0.2) is 8.42 Å². The van der Waals surface area contributed by atoms with E-state index in [1.54, 1.807) is 11.2 Å². The van der Waals surface area contributed by atoms with Crippen LogP contribution in [0.15, 0.2) is 30.3 Å². The van der Waals surface area contributed by atoms with Crippen LogP contribution in [0.3, 0.4) is 0 Å². The topological polar surface area (TPSA) is 69.7 Å². The van der Waals surface area contributed by atoms with Gasteiger partial charge in [-0.2, -0.15) is 4.31 Å². The van der Waals surface area contributed by atoms with Gasteiger partial charge in [0.1, 0.15) is 5.38 Å². The third kappa shape index (κ3) is 5.36. The number of nitrogens with zero attached hydrogens (tertiary/aromatic N) is 2. The second kappa shape index (κ2) is 8.69. The van der Waals surface area contributed by atoms with Crippen molar-refractivity contribution in [2.45, 2.75) is 18.7 Å². The number of nitrogens with one attached hydrogen (secondary N) is 1. The molecule has 0 radical (unpaired) electrons. The van der Waals surface area contributed by atoms with E-state index in [-0.39, 0.29) is 11.7 Å². The Balaban J connectivity index is 1.77. The average molecular weight is 374 g/mol. The molecule has 1 saturated heterocycles. The zero-order valence-corrected chi connectivity index (χ0v) is 15.4. The van der Waals surface area contributed by atoms with Crippen LogP contribution in [0.1, 0.15) is 13.3 Å². The first-order chi connectivity index (χ1) is 11.4. The number of sulfonamides is 1. The lowest BCUT2D eigenvalue weighted by Gasteiger charge is -2.35. The molecule has 1 N–H and O–H groups in total. The van der Waals surface area contributed by atoms with Gasteiger partial charge in [0.05, 0.1) is 5.75 Å². The lowest BCUT2D eigenvalue weighted by atomic mass is 10.2. The summed E-state index contributed by atoms with van der Waals surface area (Å²) in [6.07, 6.45) is 0.385. The SMILES string of the molecule is CC(Cl)C(=O)NCCCS(=O)(=O)N1CCN(c2ccccc2)CC1. The molecule has 0 bridgehead atoms. The summed E-state index contributed by atoms with van der Waals surface area (Å²) in [6.45, 7) is 4.25. The third-order valence-electron chi connectivity index (χ3n) is 3.99. The Morgan fingerprint density at radius 1 is 1.21 bits per heavy atom. The van der Waals surface area contributed by atoms with Gasteiger partial charge < -0.3 is 10.2 Å². The number of alkyl halides is 1. The fraction of sp³-hybridized carbons (Fsp3) is 0.562. The lowest BCUT2D eigenvalue weighted by Crippen LogP contribution is -2.49. The normalized spacial score (nSPS) is 17.5. The van der Waals surface area contributed by atoms with E-state index in [9.17, 15) is 13.2 Å². The minimum atomic E-state index is -3.28. The highest BCUT2D eigenvalue weighted by Crippen LogP contribution is 2.17. The zero-order valence-electron chi connectivity index (χ0n) is 13.8. The first-order valence-corrected chi connectivity index (χ1v) is 10.1. The van der Waals surface area contributed by atoms with E-state index < -0.39 is 15.4 Å². The monoisotopic (exact) mass is 373 g/mol. The van der Waals surface area contributed by atoms with Gasteiger partial charge in [-0.3, -0.25) is 4.79 Å². The molecule has 1 aliphatic rings. The fourth-order valence-electron chi connectivity index (χ4n) is 2.60. The predicted octanol–water partition coefficient (Wildman–Crippen LogP) is 1.27. The Morgan fingerprint density at radius 3 is 2.42 bits per heavy atom. The second-order valence-corrected chi connectivity index (χ2v) is 8.54. The molecular weight excluding hydrogens is 350 g/mol. The van der Waals surface area contributed by atoms with E-state index >= 15 is 0 Å². The van der Waals surface area contributed by atoms with Crippen molar-refractivity contribution in [3.8, 4) is 0 Å². The summed E-state index contributed by atoms with van der Waals surface area (Å²) in [6, 6.07) is 9.99. The highest BCUT2D eigenvalue weighted by atomic mass is 35.5. The first-order valence-electron chi connectivity index (χ1n) is 8.10. The standard InChI is InChI=1S/C16H24ClN3O3S/c1-14(17)16(21)18-8-5-13-24(22,23)20-11-9-19(10-12-20)15-6-3-2-4-7-15/h2-4,6-7,14H,5,8-13H2,1H3,(H,18,21). The van der Waals surface area contributed by atoms with Gasteiger partial charge in [0.2, 0.25) is 15.9 Å². The van der Waals surface area contributed by atoms with E-state index in [0.717, 1.165) is 5.69 Å². The van der Waals surface area contributed by atoms with Crippen molar-refractivity contribution in [2.75, 3.05) is 43.4 Å². The number of carbonyl (C=O) groups is 1. The summed E-state index contributed by atoms with van der Waals surface area (Å²) in [5.74, 6) is -0.236. The molecule has 0 saturated carbocycles. The summed E-state index contributed by atoms with van der Waals surface area (Å²) in [7, 11) is -3.28. The minimum absolute atomic E-state index is 0.0370. The Bertz CT molecular complexity index is 629. The van der Waals surface area contributed by atoms with Crippen LogP contribution in [0, 0.1) is 0 Å². The Labute approximate surface area is 148 Å². The van der Waals surface area contributed by atoms with E-state index in [0.29, 0.717) is 39.1 Å². The molecule has 134 valence electrons. The molecule has 0 aliphatic carbocycles. The molecule has 1 aliphatic heterocycles. The summed E-state index contributed by atoms with van der Waals surface area (Å²) >= 11 is 5.64. The van der Waals surface area contributed by atoms with Crippen molar-refractivity contribution < 1.29 is 13.2 Å². The summed E-state index contributed by atoms with van der Waals surface area (Å²) < 4.78 is 26.3. The quantitative estimate of drug-likeness (QED) is 0.577. The number of halogens is 1. The maximum Gasteiger partial charge on any atom is 0.237 e. The summed E-state index contributed by atoms with van der Waals surface area (Å²) in [5.41, 5.74) is 1.12. The number of benzene rings is 1. The van der Waals surface area contributed by atoms with E-state index in [1.165, 1.54) is 0 Å². The number of rotatable bonds is 7. The summed E-state index contributed by atoms with van der Waals surface area (Å²) in [5, 5.41) is 2.02. The molecule has 1 amide bonds. The van der Waals surface area contributed by atoms with Gasteiger partial charge in [0.25, 0.3) is 0 Å². The number of anilines is 1. The number of amides is 1. The minimum Gasteiger partial charge on any atom is -0.369 e. The van der Waals surface area contributed by atoms with Gasteiger partial charge in [0.15, 0.2) is 0 Å². The van der Waals surface area contributed by atoms with Gasteiger partial charge in [-0.15, -0.1) is 11.6 Å². The lowest BCUT2D eigenvalue weighted by molar-refractivity contribution is -0.120. The zero-order chi connectivity index (χ0) is 17.6. The number of carbonyl (C=O) groups excluding carboxylic acids is 1. The molecule has 1 atom stereocenters. The van der Waals surface area contributed by atoms with E-state index in [2.05, 4.69) is 10.2 Å². The van der Waals surface area contributed by atoms with E-state index in [4.69, 9.17) is 11.6 Å². The van der Waals surface area contributed by atoms with Crippen LogP contribution in [0.4, 0.5) is 5.69 Å². The van der Waals surface area contributed by atoms with Gasteiger partial charge >= 0.3 is 0 Å². The van der Waals surface area contributed by atoms with Crippen molar-refractivity contribution in [1.29, 1.82) is 0 Å². The molecule has 1 fully saturated rings. The molecule has 24 heavy (non-hydrogen) atoms. The molecule has 0 spiro atoms. The van der Waals surface area contributed by atoms with Crippen LogP contribution in [0.5, 0.6) is 0 Å².